The summed E-state index contributed by atoms with van der Waals surface area (Å²) in [6, 6.07) is 6.15. The molecule has 18 heavy (non-hydrogen) atoms. The highest BCUT2D eigenvalue weighted by atomic mass is 16.2. The molecule has 1 aromatic carbocycles. The predicted molar refractivity (Wildman–Crippen MR) is 73.7 cm³/mol. The van der Waals surface area contributed by atoms with Crippen LogP contribution in [0.1, 0.15) is 31.7 Å². The van der Waals surface area contributed by atoms with Gasteiger partial charge in [-0.3, -0.25) is 0 Å². The van der Waals surface area contributed by atoms with E-state index in [1.807, 2.05) is 16.8 Å². The Hall–Kier alpha value is -1.71. The molecular formula is C14H19N3O. The molecule has 1 aliphatic rings. The Bertz CT molecular complexity index is 605. The van der Waals surface area contributed by atoms with Crippen LogP contribution in [0.15, 0.2) is 23.0 Å². The smallest absolute Gasteiger partial charge is 0.308 e. The summed E-state index contributed by atoms with van der Waals surface area (Å²) < 4.78 is 1.83. The van der Waals surface area contributed by atoms with Gasteiger partial charge in [-0.15, -0.1) is 0 Å². The van der Waals surface area contributed by atoms with Gasteiger partial charge >= 0.3 is 5.69 Å². The molecule has 0 atom stereocenters. The first-order valence-corrected chi connectivity index (χ1v) is 6.79. The van der Waals surface area contributed by atoms with E-state index in [1.54, 1.807) is 0 Å². The molecule has 1 aromatic heterocycles. The Labute approximate surface area is 106 Å². The number of aryl methyl sites for hydroxylation is 1. The topological polar surface area (TPSA) is 41.0 Å². The zero-order valence-electron chi connectivity index (χ0n) is 10.8. The summed E-state index contributed by atoms with van der Waals surface area (Å²) in [4.78, 5) is 15.2. The number of H-pyrrole nitrogens is 1. The Balaban J connectivity index is 2.16. The van der Waals surface area contributed by atoms with E-state index in [1.165, 1.54) is 24.8 Å². The molecule has 0 saturated carbocycles. The monoisotopic (exact) mass is 245 g/mol. The second-order valence-electron chi connectivity index (χ2n) is 4.92. The van der Waals surface area contributed by atoms with Gasteiger partial charge in [0, 0.05) is 13.1 Å². The lowest BCUT2D eigenvalue weighted by atomic mass is 10.1. The molecule has 4 heteroatoms. The molecule has 0 spiro atoms. The van der Waals surface area contributed by atoms with Crippen LogP contribution in [0.4, 0.5) is 0 Å². The van der Waals surface area contributed by atoms with Gasteiger partial charge < -0.3 is 9.99 Å². The van der Waals surface area contributed by atoms with Gasteiger partial charge in [0.05, 0.1) is 11.0 Å². The van der Waals surface area contributed by atoms with Crippen molar-refractivity contribution in [3.8, 4) is 0 Å². The first-order chi connectivity index (χ1) is 8.81. The second kappa shape index (κ2) is 4.52. The molecule has 0 radical (unpaired) electrons. The maximum atomic E-state index is 12.2. The highest BCUT2D eigenvalue weighted by Crippen LogP contribution is 2.17. The zero-order valence-corrected chi connectivity index (χ0v) is 10.8. The molecule has 2 heterocycles. The van der Waals surface area contributed by atoms with Crippen LogP contribution in [0, 0.1) is 0 Å². The fraction of sp³-hybridized carbons (Fsp3) is 0.500. The van der Waals surface area contributed by atoms with Crippen LogP contribution in [0.25, 0.3) is 11.0 Å². The maximum absolute atomic E-state index is 12.2. The minimum Gasteiger partial charge on any atom is -0.308 e. The second-order valence-corrected chi connectivity index (χ2v) is 4.92. The molecule has 0 unspecified atom stereocenters. The summed E-state index contributed by atoms with van der Waals surface area (Å²) >= 11 is 0. The molecule has 0 bridgehead atoms. The molecule has 1 aliphatic heterocycles. The van der Waals surface area contributed by atoms with Gasteiger partial charge in [-0.05, 0) is 37.3 Å². The summed E-state index contributed by atoms with van der Waals surface area (Å²) in [7, 11) is 0. The van der Waals surface area contributed by atoms with E-state index in [0.717, 1.165) is 30.5 Å². The molecule has 2 aromatic rings. The molecule has 1 N–H and O–H groups in total. The van der Waals surface area contributed by atoms with Crippen LogP contribution in [0.5, 0.6) is 0 Å². The Morgan fingerprint density at radius 3 is 2.72 bits per heavy atom. The Kier molecular flexibility index (Phi) is 2.86. The van der Waals surface area contributed by atoms with E-state index in [2.05, 4.69) is 23.0 Å². The van der Waals surface area contributed by atoms with E-state index in [9.17, 15) is 4.79 Å². The number of imidazole rings is 1. The van der Waals surface area contributed by atoms with Gasteiger partial charge in [-0.25, -0.2) is 9.47 Å². The van der Waals surface area contributed by atoms with Crippen molar-refractivity contribution >= 4 is 11.0 Å². The first kappa shape index (κ1) is 11.4. The van der Waals surface area contributed by atoms with Crippen molar-refractivity contribution in [2.45, 2.75) is 32.6 Å². The molecule has 4 nitrogen and oxygen atoms in total. The number of fused-ring (bicyclic) bond motifs is 1. The average Bonchev–Trinajstić information content (AvgIpc) is 2.75. The lowest BCUT2D eigenvalue weighted by Crippen LogP contribution is -2.44. The van der Waals surface area contributed by atoms with Gasteiger partial charge in [-0.1, -0.05) is 19.1 Å². The standard InChI is InChI=1S/C14H19N3O/c1-2-11-7-6-8-12-13(11)15-14(18)17(12)16-9-4-3-5-10-16/h6-8H,2-5,9-10H2,1H3,(H,15,18). The SMILES string of the molecule is CCc1cccc2c1[nH]c(=O)n2N1CCCCC1. The van der Waals surface area contributed by atoms with Crippen LogP contribution < -0.4 is 10.7 Å². The van der Waals surface area contributed by atoms with Crippen molar-refractivity contribution in [1.29, 1.82) is 0 Å². The normalized spacial score (nSPS) is 16.4. The number of nitrogens with one attached hydrogen (secondary N) is 1. The van der Waals surface area contributed by atoms with Crippen LogP contribution in [-0.4, -0.2) is 22.7 Å². The van der Waals surface area contributed by atoms with E-state index in [4.69, 9.17) is 0 Å². The summed E-state index contributed by atoms with van der Waals surface area (Å²) in [6.45, 7) is 4.07. The summed E-state index contributed by atoms with van der Waals surface area (Å²) in [6.07, 6.45) is 4.56. The third-order valence-corrected chi connectivity index (χ3v) is 3.78. The summed E-state index contributed by atoms with van der Waals surface area (Å²) in [5.41, 5.74) is 3.21. The number of benzene rings is 1. The van der Waals surface area contributed by atoms with Gasteiger partial charge in [-0.2, -0.15) is 0 Å². The molecule has 0 aliphatic carbocycles. The molecule has 0 amide bonds. The summed E-state index contributed by atoms with van der Waals surface area (Å²) in [5.74, 6) is 0. The molecule has 96 valence electrons. The minimum atomic E-state index is -0.00667. The highest BCUT2D eigenvalue weighted by molar-refractivity contribution is 5.79. The number of rotatable bonds is 2. The molecule has 1 fully saturated rings. The lowest BCUT2D eigenvalue weighted by Gasteiger charge is -2.29. The van der Waals surface area contributed by atoms with Crippen LogP contribution in [-0.2, 0) is 6.42 Å². The van der Waals surface area contributed by atoms with E-state index in [-0.39, 0.29) is 5.69 Å². The highest BCUT2D eigenvalue weighted by Gasteiger charge is 2.16. The molecule has 3 rings (SSSR count). The average molecular weight is 245 g/mol. The van der Waals surface area contributed by atoms with Gasteiger partial charge in [0.1, 0.15) is 0 Å². The number of aromatic nitrogens is 2. The number of hydrogen-bond donors (Lipinski definition) is 1. The van der Waals surface area contributed by atoms with Crippen molar-refractivity contribution in [2.24, 2.45) is 0 Å². The van der Waals surface area contributed by atoms with Crippen LogP contribution in [0.3, 0.4) is 0 Å². The summed E-state index contributed by atoms with van der Waals surface area (Å²) in [5, 5.41) is 2.17. The number of nitrogens with zero attached hydrogens (tertiary/aromatic N) is 2. The van der Waals surface area contributed by atoms with Gasteiger partial charge in [0.15, 0.2) is 0 Å². The number of piperidine rings is 1. The molecular weight excluding hydrogens is 226 g/mol. The fourth-order valence-corrected chi connectivity index (χ4v) is 2.83. The zero-order chi connectivity index (χ0) is 12.5. The Morgan fingerprint density at radius 2 is 2.00 bits per heavy atom. The maximum Gasteiger partial charge on any atom is 0.345 e. The van der Waals surface area contributed by atoms with Crippen LogP contribution >= 0.6 is 0 Å². The first-order valence-electron chi connectivity index (χ1n) is 6.79. The Morgan fingerprint density at radius 1 is 1.22 bits per heavy atom. The third kappa shape index (κ3) is 1.72. The van der Waals surface area contributed by atoms with Crippen molar-refractivity contribution in [2.75, 3.05) is 18.1 Å². The number of hydrogen-bond acceptors (Lipinski definition) is 2. The fourth-order valence-electron chi connectivity index (χ4n) is 2.83. The number of para-hydroxylation sites is 1. The quantitative estimate of drug-likeness (QED) is 0.879. The van der Waals surface area contributed by atoms with Crippen molar-refractivity contribution in [3.63, 3.8) is 0 Å². The largest absolute Gasteiger partial charge is 0.345 e. The van der Waals surface area contributed by atoms with E-state index >= 15 is 0 Å². The number of aromatic amines is 1. The van der Waals surface area contributed by atoms with Crippen molar-refractivity contribution in [1.82, 2.24) is 9.66 Å². The van der Waals surface area contributed by atoms with E-state index in [0.29, 0.717) is 0 Å². The minimum absolute atomic E-state index is 0.00667. The van der Waals surface area contributed by atoms with Crippen molar-refractivity contribution < 1.29 is 0 Å². The van der Waals surface area contributed by atoms with E-state index < -0.39 is 0 Å². The van der Waals surface area contributed by atoms with Crippen LogP contribution in [0.2, 0.25) is 0 Å². The predicted octanol–water partition coefficient (Wildman–Crippen LogP) is 2.01. The van der Waals surface area contributed by atoms with Gasteiger partial charge in [0.2, 0.25) is 0 Å². The van der Waals surface area contributed by atoms with Gasteiger partial charge in [0.25, 0.3) is 0 Å². The van der Waals surface area contributed by atoms with Crippen molar-refractivity contribution in [3.05, 3.63) is 34.2 Å². The lowest BCUT2D eigenvalue weighted by molar-refractivity contribution is 0.478. The third-order valence-electron chi connectivity index (χ3n) is 3.78. The molecule has 1 saturated heterocycles.